The molecule has 0 unspecified atom stereocenters. The van der Waals surface area contributed by atoms with Crippen molar-refractivity contribution in [3.05, 3.63) is 17.8 Å². The minimum absolute atomic E-state index is 0.222. The molecule has 1 N–H and O–H groups in total. The number of ether oxygens (including phenoxy) is 1. The number of nitrogens with zero attached hydrogens (tertiary/aromatic N) is 1. The summed E-state index contributed by atoms with van der Waals surface area (Å²) in [6, 6.07) is 0. The van der Waals surface area contributed by atoms with Crippen LogP contribution in [0.2, 0.25) is 0 Å². The molecule has 1 aromatic heterocycles. The smallest absolute Gasteiger partial charge is 0.411 e. The van der Waals surface area contributed by atoms with Crippen molar-refractivity contribution in [3.8, 4) is 0 Å². The average molecular weight is 238 g/mol. The largest absolute Gasteiger partial charge is 0.446 e. The fourth-order valence-corrected chi connectivity index (χ4v) is 1.06. The molecule has 0 aliphatic heterocycles. The molecule has 0 atom stereocenters. The molecule has 7 heteroatoms. The van der Waals surface area contributed by atoms with E-state index in [2.05, 4.69) is 15.0 Å². The Morgan fingerprint density at radius 3 is 2.88 bits per heavy atom. The second kappa shape index (κ2) is 5.86. The lowest BCUT2D eigenvalue weighted by molar-refractivity contribution is -0.177. The molecule has 16 heavy (non-hydrogen) atoms. The normalized spacial score (nSPS) is 12.0. The van der Waals surface area contributed by atoms with E-state index in [4.69, 9.17) is 4.42 Å². The van der Waals surface area contributed by atoms with Gasteiger partial charge < -0.3 is 14.5 Å². The number of hydrogen-bond acceptors (Lipinski definition) is 4. The van der Waals surface area contributed by atoms with Gasteiger partial charge in [0.2, 0.25) is 0 Å². The van der Waals surface area contributed by atoms with E-state index >= 15 is 0 Å². The van der Waals surface area contributed by atoms with E-state index in [1.807, 2.05) is 6.92 Å². The Balaban J connectivity index is 2.38. The molecule has 0 aromatic carbocycles. The molecule has 0 spiro atoms. The van der Waals surface area contributed by atoms with Gasteiger partial charge in [-0.15, -0.1) is 0 Å². The maximum absolute atomic E-state index is 11.8. The number of aromatic nitrogens is 1. The van der Waals surface area contributed by atoms with Crippen LogP contribution in [0, 0.1) is 0 Å². The zero-order chi connectivity index (χ0) is 12.0. The van der Waals surface area contributed by atoms with Crippen LogP contribution in [-0.4, -0.2) is 24.3 Å². The van der Waals surface area contributed by atoms with Gasteiger partial charge in [0.25, 0.3) is 0 Å². The highest BCUT2D eigenvalue weighted by molar-refractivity contribution is 5.05. The average Bonchev–Trinajstić information content (AvgIpc) is 2.60. The third-order valence-corrected chi connectivity index (χ3v) is 1.77. The highest BCUT2D eigenvalue weighted by Gasteiger charge is 2.27. The highest BCUT2D eigenvalue weighted by atomic mass is 19.4. The van der Waals surface area contributed by atoms with Gasteiger partial charge in [0.15, 0.2) is 12.2 Å². The molecule has 0 amide bonds. The molecule has 4 nitrogen and oxygen atoms in total. The van der Waals surface area contributed by atoms with Crippen LogP contribution in [0.25, 0.3) is 0 Å². The SMILES string of the molecule is CCNCc1ncoc1COCC(F)(F)F. The molecule has 0 saturated carbocycles. The summed E-state index contributed by atoms with van der Waals surface area (Å²) in [4.78, 5) is 3.88. The third-order valence-electron chi connectivity index (χ3n) is 1.77. The number of nitrogens with one attached hydrogen (secondary N) is 1. The Kier molecular flexibility index (Phi) is 4.75. The lowest BCUT2D eigenvalue weighted by Gasteiger charge is -2.06. The number of rotatable bonds is 6. The van der Waals surface area contributed by atoms with Crippen LogP contribution in [0.3, 0.4) is 0 Å². The van der Waals surface area contributed by atoms with Gasteiger partial charge in [-0.1, -0.05) is 6.92 Å². The first-order chi connectivity index (χ1) is 7.53. The summed E-state index contributed by atoms with van der Waals surface area (Å²) >= 11 is 0. The second-order valence-corrected chi connectivity index (χ2v) is 3.11. The molecule has 1 aromatic rings. The van der Waals surface area contributed by atoms with Gasteiger partial charge >= 0.3 is 6.18 Å². The maximum Gasteiger partial charge on any atom is 0.411 e. The van der Waals surface area contributed by atoms with Crippen LogP contribution < -0.4 is 5.32 Å². The van der Waals surface area contributed by atoms with Crippen molar-refractivity contribution >= 4 is 0 Å². The van der Waals surface area contributed by atoms with E-state index in [9.17, 15) is 13.2 Å². The van der Waals surface area contributed by atoms with Crippen molar-refractivity contribution in [2.24, 2.45) is 0 Å². The summed E-state index contributed by atoms with van der Waals surface area (Å²) in [7, 11) is 0. The van der Waals surface area contributed by atoms with Gasteiger partial charge in [-0.05, 0) is 6.54 Å². The Labute approximate surface area is 90.8 Å². The predicted molar refractivity (Wildman–Crippen MR) is 49.6 cm³/mol. The molecule has 92 valence electrons. The summed E-state index contributed by atoms with van der Waals surface area (Å²) in [5.41, 5.74) is 0.573. The van der Waals surface area contributed by atoms with Gasteiger partial charge in [-0.25, -0.2) is 4.98 Å². The molecule has 1 rings (SSSR count). The highest BCUT2D eigenvalue weighted by Crippen LogP contribution is 2.16. The van der Waals surface area contributed by atoms with Crippen molar-refractivity contribution in [2.45, 2.75) is 26.3 Å². The van der Waals surface area contributed by atoms with Crippen LogP contribution in [0.1, 0.15) is 18.4 Å². The van der Waals surface area contributed by atoms with Gasteiger partial charge in [0.05, 0.1) is 5.69 Å². The Bertz CT molecular complexity index is 312. The maximum atomic E-state index is 11.8. The fourth-order valence-electron chi connectivity index (χ4n) is 1.06. The molecular weight excluding hydrogens is 225 g/mol. The Hall–Kier alpha value is -1.08. The zero-order valence-corrected chi connectivity index (χ0v) is 8.80. The predicted octanol–water partition coefficient (Wildman–Crippen LogP) is 1.86. The van der Waals surface area contributed by atoms with Crippen molar-refractivity contribution < 1.29 is 22.3 Å². The van der Waals surface area contributed by atoms with E-state index in [0.717, 1.165) is 6.54 Å². The van der Waals surface area contributed by atoms with Gasteiger partial charge in [-0.2, -0.15) is 13.2 Å². The first-order valence-electron chi connectivity index (χ1n) is 4.79. The van der Waals surface area contributed by atoms with Crippen molar-refractivity contribution in [3.63, 3.8) is 0 Å². The monoisotopic (exact) mass is 238 g/mol. The fraction of sp³-hybridized carbons (Fsp3) is 0.667. The molecule has 0 aliphatic carbocycles. The van der Waals surface area contributed by atoms with Crippen molar-refractivity contribution in [1.29, 1.82) is 0 Å². The van der Waals surface area contributed by atoms with E-state index in [1.54, 1.807) is 0 Å². The molecule has 0 saturated heterocycles. The number of oxazole rings is 1. The lowest BCUT2D eigenvalue weighted by Crippen LogP contribution is -2.17. The van der Waals surface area contributed by atoms with Crippen LogP contribution in [0.4, 0.5) is 13.2 Å². The van der Waals surface area contributed by atoms with E-state index in [0.29, 0.717) is 18.0 Å². The first kappa shape index (κ1) is 13.0. The first-order valence-corrected chi connectivity index (χ1v) is 4.79. The van der Waals surface area contributed by atoms with Crippen molar-refractivity contribution in [2.75, 3.05) is 13.2 Å². The summed E-state index contributed by atoms with van der Waals surface area (Å²) < 4.78 is 44.8. The Morgan fingerprint density at radius 1 is 1.50 bits per heavy atom. The van der Waals surface area contributed by atoms with Crippen LogP contribution >= 0.6 is 0 Å². The summed E-state index contributed by atoms with van der Waals surface area (Å²) in [5.74, 6) is 0.324. The minimum Gasteiger partial charge on any atom is -0.446 e. The van der Waals surface area contributed by atoms with Gasteiger partial charge in [0.1, 0.15) is 13.2 Å². The standard InChI is InChI=1S/C9H13F3N2O2/c1-2-13-3-7-8(16-6-14-7)4-15-5-9(10,11)12/h6,13H,2-5H2,1H3. The van der Waals surface area contributed by atoms with E-state index < -0.39 is 12.8 Å². The van der Waals surface area contributed by atoms with Crippen LogP contribution in [0.15, 0.2) is 10.8 Å². The molecule has 0 bridgehead atoms. The Morgan fingerprint density at radius 2 is 2.25 bits per heavy atom. The summed E-state index contributed by atoms with van der Waals surface area (Å²) in [6.07, 6.45) is -3.12. The summed E-state index contributed by atoms with van der Waals surface area (Å²) in [6.45, 7) is 1.61. The molecular formula is C9H13F3N2O2. The van der Waals surface area contributed by atoms with Crippen molar-refractivity contribution in [1.82, 2.24) is 10.3 Å². The summed E-state index contributed by atoms with van der Waals surface area (Å²) in [5, 5.41) is 3.00. The van der Waals surface area contributed by atoms with E-state index in [-0.39, 0.29) is 6.61 Å². The molecule has 0 aliphatic rings. The third kappa shape index (κ3) is 4.63. The second-order valence-electron chi connectivity index (χ2n) is 3.11. The molecule has 0 radical (unpaired) electrons. The molecule has 0 fully saturated rings. The topological polar surface area (TPSA) is 47.3 Å². The van der Waals surface area contributed by atoms with E-state index in [1.165, 1.54) is 6.39 Å². The number of halogens is 3. The quantitative estimate of drug-likeness (QED) is 0.821. The molecule has 1 heterocycles. The van der Waals surface area contributed by atoms with Gasteiger partial charge in [-0.3, -0.25) is 0 Å². The number of alkyl halides is 3. The van der Waals surface area contributed by atoms with Crippen LogP contribution in [0.5, 0.6) is 0 Å². The lowest BCUT2D eigenvalue weighted by atomic mass is 10.3. The zero-order valence-electron chi connectivity index (χ0n) is 8.80. The van der Waals surface area contributed by atoms with Gasteiger partial charge in [0, 0.05) is 6.54 Å². The number of hydrogen-bond donors (Lipinski definition) is 1. The van der Waals surface area contributed by atoms with Crippen LogP contribution in [-0.2, 0) is 17.9 Å². The minimum atomic E-state index is -4.32.